The molecule has 0 unspecified atom stereocenters. The summed E-state index contributed by atoms with van der Waals surface area (Å²) in [4.78, 5) is 25.8. The third-order valence-corrected chi connectivity index (χ3v) is 5.72. The molecule has 1 N–H and O–H groups in total. The number of amides is 2. The number of nitrogens with one attached hydrogen (secondary N) is 1. The molecule has 2 amide bonds. The number of nitrogens with zero attached hydrogens (tertiary/aromatic N) is 1. The molecule has 0 aliphatic carbocycles. The number of hydrogen-bond donors (Lipinski definition) is 1. The van der Waals surface area contributed by atoms with E-state index in [1.54, 1.807) is 0 Å². The molecule has 3 rings (SSSR count). The standard InChI is InChI=1S/C25H32N2O3/c1-3-30-24-12-8-20(9-13-24)4-5-21-14-16-27(17-15-21)25(29)23-10-6-22(7-11-23)18-26-19(2)28/h6-13,21H,3-5,14-18H2,1-2H3,(H,26,28). The lowest BCUT2D eigenvalue weighted by molar-refractivity contribution is -0.119. The monoisotopic (exact) mass is 408 g/mol. The van der Waals surface area contributed by atoms with Crippen LogP contribution in [-0.2, 0) is 17.8 Å². The van der Waals surface area contributed by atoms with E-state index in [2.05, 4.69) is 17.4 Å². The van der Waals surface area contributed by atoms with E-state index in [1.165, 1.54) is 12.5 Å². The molecule has 5 nitrogen and oxygen atoms in total. The average Bonchev–Trinajstić information content (AvgIpc) is 2.78. The Kier molecular flexibility index (Phi) is 7.89. The van der Waals surface area contributed by atoms with Crippen LogP contribution >= 0.6 is 0 Å². The Labute approximate surface area is 179 Å². The van der Waals surface area contributed by atoms with E-state index in [-0.39, 0.29) is 11.8 Å². The van der Waals surface area contributed by atoms with Gasteiger partial charge in [0, 0.05) is 32.1 Å². The van der Waals surface area contributed by atoms with Crippen LogP contribution in [0.5, 0.6) is 5.75 Å². The van der Waals surface area contributed by atoms with Crippen molar-refractivity contribution < 1.29 is 14.3 Å². The Hall–Kier alpha value is -2.82. The molecule has 0 radical (unpaired) electrons. The predicted molar refractivity (Wildman–Crippen MR) is 119 cm³/mol. The zero-order valence-corrected chi connectivity index (χ0v) is 18.0. The second kappa shape index (κ2) is 10.8. The SMILES string of the molecule is CCOc1ccc(CCC2CCN(C(=O)c3ccc(CNC(C)=O)cc3)CC2)cc1. The first-order valence-corrected chi connectivity index (χ1v) is 10.9. The molecule has 1 aliphatic heterocycles. The van der Waals surface area contributed by atoms with E-state index in [1.807, 2.05) is 48.2 Å². The third kappa shape index (κ3) is 6.34. The van der Waals surface area contributed by atoms with Crippen molar-refractivity contribution in [1.29, 1.82) is 0 Å². The number of hydrogen-bond acceptors (Lipinski definition) is 3. The number of likely N-dealkylation sites (tertiary alicyclic amines) is 1. The number of piperidine rings is 1. The summed E-state index contributed by atoms with van der Waals surface area (Å²) in [6.45, 7) is 6.32. The van der Waals surface area contributed by atoms with Gasteiger partial charge in [-0.05, 0) is 73.9 Å². The highest BCUT2D eigenvalue weighted by atomic mass is 16.5. The van der Waals surface area contributed by atoms with Crippen LogP contribution in [0, 0.1) is 5.92 Å². The topological polar surface area (TPSA) is 58.6 Å². The molecule has 0 saturated carbocycles. The van der Waals surface area contributed by atoms with Gasteiger partial charge in [-0.15, -0.1) is 0 Å². The highest BCUT2D eigenvalue weighted by molar-refractivity contribution is 5.94. The fourth-order valence-corrected chi connectivity index (χ4v) is 3.89. The second-order valence-electron chi connectivity index (χ2n) is 7.96. The van der Waals surface area contributed by atoms with Crippen molar-refractivity contribution in [2.24, 2.45) is 5.92 Å². The molecule has 1 saturated heterocycles. The molecule has 1 fully saturated rings. The van der Waals surface area contributed by atoms with E-state index >= 15 is 0 Å². The molecular weight excluding hydrogens is 376 g/mol. The van der Waals surface area contributed by atoms with Crippen LogP contribution in [0.25, 0.3) is 0 Å². The minimum Gasteiger partial charge on any atom is -0.494 e. The summed E-state index contributed by atoms with van der Waals surface area (Å²) in [6, 6.07) is 15.9. The maximum Gasteiger partial charge on any atom is 0.253 e. The van der Waals surface area contributed by atoms with E-state index in [0.29, 0.717) is 19.1 Å². The number of aryl methyl sites for hydroxylation is 1. The van der Waals surface area contributed by atoms with Crippen LogP contribution in [0.2, 0.25) is 0 Å². The smallest absolute Gasteiger partial charge is 0.253 e. The lowest BCUT2D eigenvalue weighted by atomic mass is 9.90. The van der Waals surface area contributed by atoms with Crippen molar-refractivity contribution in [2.75, 3.05) is 19.7 Å². The maximum absolute atomic E-state index is 12.8. The number of carbonyl (C=O) groups excluding carboxylic acids is 2. The van der Waals surface area contributed by atoms with Crippen LogP contribution in [-0.4, -0.2) is 36.4 Å². The van der Waals surface area contributed by atoms with Gasteiger partial charge in [0.2, 0.25) is 5.91 Å². The van der Waals surface area contributed by atoms with Gasteiger partial charge in [-0.1, -0.05) is 24.3 Å². The largest absolute Gasteiger partial charge is 0.494 e. The summed E-state index contributed by atoms with van der Waals surface area (Å²) in [5, 5.41) is 2.77. The van der Waals surface area contributed by atoms with Crippen LogP contribution in [0.3, 0.4) is 0 Å². The molecule has 1 aliphatic rings. The Morgan fingerprint density at radius 3 is 2.23 bits per heavy atom. The Bertz CT molecular complexity index is 822. The van der Waals surface area contributed by atoms with Crippen molar-refractivity contribution >= 4 is 11.8 Å². The van der Waals surface area contributed by atoms with Crippen LogP contribution in [0.1, 0.15) is 54.6 Å². The quantitative estimate of drug-likeness (QED) is 0.712. The molecule has 2 aromatic rings. The summed E-state index contributed by atoms with van der Waals surface area (Å²) in [6.07, 6.45) is 4.35. The van der Waals surface area contributed by atoms with Gasteiger partial charge in [-0.3, -0.25) is 9.59 Å². The summed E-state index contributed by atoms with van der Waals surface area (Å²) in [5.74, 6) is 1.64. The van der Waals surface area contributed by atoms with Crippen molar-refractivity contribution in [2.45, 2.75) is 46.1 Å². The van der Waals surface area contributed by atoms with Crippen molar-refractivity contribution in [3.05, 3.63) is 65.2 Å². The first kappa shape index (κ1) is 21.9. The molecule has 0 spiro atoms. The molecular formula is C25H32N2O3. The summed E-state index contributed by atoms with van der Waals surface area (Å²) in [7, 11) is 0. The van der Waals surface area contributed by atoms with Crippen LogP contribution in [0.15, 0.2) is 48.5 Å². The number of carbonyl (C=O) groups is 2. The zero-order valence-electron chi connectivity index (χ0n) is 18.0. The lowest BCUT2D eigenvalue weighted by Crippen LogP contribution is -2.38. The third-order valence-electron chi connectivity index (χ3n) is 5.72. The summed E-state index contributed by atoms with van der Waals surface area (Å²) < 4.78 is 5.50. The first-order valence-electron chi connectivity index (χ1n) is 10.9. The number of benzene rings is 2. The van der Waals surface area contributed by atoms with Gasteiger partial charge in [-0.25, -0.2) is 0 Å². The number of rotatable bonds is 8. The van der Waals surface area contributed by atoms with E-state index in [9.17, 15) is 9.59 Å². The van der Waals surface area contributed by atoms with Gasteiger partial charge in [0.15, 0.2) is 0 Å². The molecule has 0 bridgehead atoms. The Morgan fingerprint density at radius 2 is 1.63 bits per heavy atom. The normalized spacial score (nSPS) is 14.4. The van der Waals surface area contributed by atoms with Gasteiger partial charge >= 0.3 is 0 Å². The van der Waals surface area contributed by atoms with E-state index in [4.69, 9.17) is 4.74 Å². The van der Waals surface area contributed by atoms with Crippen LogP contribution < -0.4 is 10.1 Å². The van der Waals surface area contributed by atoms with Gasteiger partial charge in [0.05, 0.1) is 6.61 Å². The van der Waals surface area contributed by atoms with E-state index < -0.39 is 0 Å². The van der Waals surface area contributed by atoms with E-state index in [0.717, 1.165) is 55.6 Å². The zero-order chi connectivity index (χ0) is 21.3. The van der Waals surface area contributed by atoms with Gasteiger partial charge in [0.25, 0.3) is 5.91 Å². The lowest BCUT2D eigenvalue weighted by Gasteiger charge is -2.32. The fraction of sp³-hybridized carbons (Fsp3) is 0.440. The highest BCUT2D eigenvalue weighted by Gasteiger charge is 2.23. The highest BCUT2D eigenvalue weighted by Crippen LogP contribution is 2.24. The minimum atomic E-state index is -0.0550. The van der Waals surface area contributed by atoms with Gasteiger partial charge < -0.3 is 15.0 Å². The Morgan fingerprint density at radius 1 is 1.00 bits per heavy atom. The molecule has 30 heavy (non-hydrogen) atoms. The molecule has 0 atom stereocenters. The summed E-state index contributed by atoms with van der Waals surface area (Å²) in [5.41, 5.74) is 3.06. The Balaban J connectivity index is 1.43. The molecule has 5 heteroatoms. The molecule has 2 aromatic carbocycles. The number of ether oxygens (including phenoxy) is 1. The second-order valence-corrected chi connectivity index (χ2v) is 7.96. The van der Waals surface area contributed by atoms with Crippen molar-refractivity contribution in [3.63, 3.8) is 0 Å². The van der Waals surface area contributed by atoms with Crippen LogP contribution in [0.4, 0.5) is 0 Å². The predicted octanol–water partition coefficient (Wildman–Crippen LogP) is 4.21. The first-order chi connectivity index (χ1) is 14.5. The fourth-order valence-electron chi connectivity index (χ4n) is 3.89. The van der Waals surface area contributed by atoms with Gasteiger partial charge in [-0.2, -0.15) is 0 Å². The molecule has 1 heterocycles. The minimum absolute atomic E-state index is 0.0550. The maximum atomic E-state index is 12.8. The van der Waals surface area contributed by atoms with Gasteiger partial charge in [0.1, 0.15) is 5.75 Å². The van der Waals surface area contributed by atoms with Crippen molar-refractivity contribution in [3.8, 4) is 5.75 Å². The van der Waals surface area contributed by atoms with Crippen molar-refractivity contribution in [1.82, 2.24) is 10.2 Å². The average molecular weight is 409 g/mol. The molecule has 0 aromatic heterocycles. The summed E-state index contributed by atoms with van der Waals surface area (Å²) >= 11 is 0. The molecule has 160 valence electrons.